The predicted octanol–water partition coefficient (Wildman–Crippen LogP) is 0.753. The minimum absolute atomic E-state index is 0.239. The van der Waals surface area contributed by atoms with E-state index in [1.807, 2.05) is 12.5 Å². The van der Waals surface area contributed by atoms with Crippen molar-refractivity contribution in [2.75, 3.05) is 6.61 Å². The Labute approximate surface area is 65.7 Å². The summed E-state index contributed by atoms with van der Waals surface area (Å²) in [5.41, 5.74) is 1.26. The lowest BCUT2D eigenvalue weighted by Gasteiger charge is -2.23. The highest BCUT2D eigenvalue weighted by molar-refractivity contribution is 5.03. The number of aryl methyl sites for hydroxylation is 1. The lowest BCUT2D eigenvalue weighted by Crippen LogP contribution is -2.19. The van der Waals surface area contributed by atoms with Crippen LogP contribution in [0.3, 0.4) is 0 Å². The molecule has 1 aliphatic rings. The van der Waals surface area contributed by atoms with Crippen LogP contribution in [0.25, 0.3) is 0 Å². The van der Waals surface area contributed by atoms with Crippen LogP contribution in [0, 0.1) is 0 Å². The molecule has 2 heterocycles. The van der Waals surface area contributed by atoms with Crippen LogP contribution < -0.4 is 0 Å². The average Bonchev–Trinajstić information content (AvgIpc) is 2.50. The van der Waals surface area contributed by atoms with Crippen molar-refractivity contribution in [3.05, 3.63) is 18.2 Å². The first-order chi connectivity index (χ1) is 5.42. The summed E-state index contributed by atoms with van der Waals surface area (Å²) in [7, 11) is 0. The van der Waals surface area contributed by atoms with Gasteiger partial charge in [-0.1, -0.05) is 0 Å². The van der Waals surface area contributed by atoms with Gasteiger partial charge in [0.05, 0.1) is 19.0 Å². The van der Waals surface area contributed by atoms with Gasteiger partial charge in [0, 0.05) is 11.9 Å². The van der Waals surface area contributed by atoms with E-state index in [4.69, 9.17) is 5.11 Å². The first-order valence-electron chi connectivity index (χ1n) is 4.03. The Morgan fingerprint density at radius 1 is 1.73 bits per heavy atom. The van der Waals surface area contributed by atoms with E-state index in [1.165, 1.54) is 12.1 Å². The number of fused-ring (bicyclic) bond motifs is 1. The summed E-state index contributed by atoms with van der Waals surface area (Å²) in [6.45, 7) is 0.239. The van der Waals surface area contributed by atoms with Gasteiger partial charge in [0.2, 0.25) is 0 Å². The van der Waals surface area contributed by atoms with Crippen LogP contribution in [0.1, 0.15) is 24.6 Å². The van der Waals surface area contributed by atoms with Crippen molar-refractivity contribution in [1.29, 1.82) is 0 Å². The summed E-state index contributed by atoms with van der Waals surface area (Å²) in [6, 6.07) is 0.279. The van der Waals surface area contributed by atoms with E-state index < -0.39 is 0 Å². The molecule has 0 aliphatic carbocycles. The summed E-state index contributed by atoms with van der Waals surface area (Å²) < 4.78 is 2.09. The molecule has 3 nitrogen and oxygen atoms in total. The quantitative estimate of drug-likeness (QED) is 0.645. The molecular weight excluding hydrogens is 140 g/mol. The lowest BCUT2D eigenvalue weighted by atomic mass is 10.0. The Hall–Kier alpha value is -0.830. The van der Waals surface area contributed by atoms with E-state index in [0.29, 0.717) is 0 Å². The predicted molar refractivity (Wildman–Crippen MR) is 41.3 cm³/mol. The molecule has 3 heteroatoms. The highest BCUT2D eigenvalue weighted by Gasteiger charge is 2.17. The van der Waals surface area contributed by atoms with E-state index in [1.54, 1.807) is 0 Å². The molecule has 60 valence electrons. The maximum absolute atomic E-state index is 9.01. The summed E-state index contributed by atoms with van der Waals surface area (Å²) in [5, 5.41) is 9.01. The van der Waals surface area contributed by atoms with Gasteiger partial charge < -0.3 is 9.67 Å². The van der Waals surface area contributed by atoms with E-state index in [9.17, 15) is 0 Å². The van der Waals surface area contributed by atoms with Crippen molar-refractivity contribution in [2.24, 2.45) is 0 Å². The molecule has 1 aliphatic heterocycles. The van der Waals surface area contributed by atoms with Crippen molar-refractivity contribution in [1.82, 2.24) is 9.55 Å². The molecule has 0 unspecified atom stereocenters. The van der Waals surface area contributed by atoms with Crippen LogP contribution >= 0.6 is 0 Å². The van der Waals surface area contributed by atoms with Gasteiger partial charge in [-0.05, 0) is 19.3 Å². The fourth-order valence-electron chi connectivity index (χ4n) is 1.69. The molecule has 0 radical (unpaired) electrons. The highest BCUT2D eigenvalue weighted by atomic mass is 16.3. The number of imidazole rings is 1. The van der Waals surface area contributed by atoms with Gasteiger partial charge in [-0.15, -0.1) is 0 Å². The Morgan fingerprint density at radius 3 is 3.45 bits per heavy atom. The summed E-state index contributed by atoms with van der Waals surface area (Å²) in [6.07, 6.45) is 7.07. The number of aromatic nitrogens is 2. The largest absolute Gasteiger partial charge is 0.394 e. The smallest absolute Gasteiger partial charge is 0.0951 e. The third kappa shape index (κ3) is 1.05. The van der Waals surface area contributed by atoms with E-state index in [2.05, 4.69) is 9.55 Å². The van der Waals surface area contributed by atoms with Crippen molar-refractivity contribution in [3.63, 3.8) is 0 Å². The Kier molecular flexibility index (Phi) is 1.66. The van der Waals surface area contributed by atoms with Crippen molar-refractivity contribution in [3.8, 4) is 0 Å². The molecule has 0 saturated heterocycles. The number of aliphatic hydroxyl groups is 1. The zero-order valence-corrected chi connectivity index (χ0v) is 6.40. The van der Waals surface area contributed by atoms with Crippen LogP contribution in [0.5, 0.6) is 0 Å². The Balaban J connectivity index is 2.32. The van der Waals surface area contributed by atoms with Gasteiger partial charge in [-0.3, -0.25) is 0 Å². The molecule has 1 atom stereocenters. The molecule has 0 spiro atoms. The van der Waals surface area contributed by atoms with Gasteiger partial charge in [-0.2, -0.15) is 0 Å². The zero-order valence-electron chi connectivity index (χ0n) is 6.40. The second-order valence-corrected chi connectivity index (χ2v) is 3.02. The van der Waals surface area contributed by atoms with E-state index >= 15 is 0 Å². The van der Waals surface area contributed by atoms with Crippen molar-refractivity contribution >= 4 is 0 Å². The third-order valence-corrected chi connectivity index (χ3v) is 2.32. The molecule has 2 rings (SSSR count). The first kappa shape index (κ1) is 6.85. The summed E-state index contributed by atoms with van der Waals surface area (Å²) >= 11 is 0. The number of rotatable bonds is 1. The van der Waals surface area contributed by atoms with Crippen LogP contribution in [0.4, 0.5) is 0 Å². The van der Waals surface area contributed by atoms with Gasteiger partial charge in [-0.25, -0.2) is 4.98 Å². The van der Waals surface area contributed by atoms with Gasteiger partial charge >= 0.3 is 0 Å². The molecule has 0 aromatic carbocycles. The maximum atomic E-state index is 9.01. The molecule has 1 aromatic heterocycles. The number of nitrogens with zero attached hydrogens (tertiary/aromatic N) is 2. The monoisotopic (exact) mass is 152 g/mol. The fraction of sp³-hybridized carbons (Fsp3) is 0.625. The van der Waals surface area contributed by atoms with Crippen LogP contribution in [-0.2, 0) is 6.42 Å². The lowest BCUT2D eigenvalue weighted by molar-refractivity contribution is 0.207. The highest BCUT2D eigenvalue weighted by Crippen LogP contribution is 2.23. The Morgan fingerprint density at radius 2 is 2.64 bits per heavy atom. The van der Waals surface area contributed by atoms with Crippen LogP contribution in [-0.4, -0.2) is 21.3 Å². The van der Waals surface area contributed by atoms with Crippen LogP contribution in [0.15, 0.2) is 12.5 Å². The molecular formula is C8H12N2O. The standard InChI is InChI=1S/C8H12N2O/c11-5-8-3-1-2-7-4-9-6-10(7)8/h4,6,8,11H,1-3,5H2/t8-/m0/s1. The van der Waals surface area contributed by atoms with Crippen molar-refractivity contribution < 1.29 is 5.11 Å². The van der Waals surface area contributed by atoms with Gasteiger partial charge in [0.15, 0.2) is 0 Å². The fourth-order valence-corrected chi connectivity index (χ4v) is 1.69. The van der Waals surface area contributed by atoms with Crippen molar-refractivity contribution in [2.45, 2.75) is 25.3 Å². The van der Waals surface area contributed by atoms with Gasteiger partial charge in [0.1, 0.15) is 0 Å². The maximum Gasteiger partial charge on any atom is 0.0951 e. The second kappa shape index (κ2) is 2.66. The molecule has 0 fully saturated rings. The molecule has 0 amide bonds. The molecule has 0 saturated carbocycles. The summed E-state index contributed by atoms with van der Waals surface area (Å²) in [4.78, 5) is 4.05. The van der Waals surface area contributed by atoms with Gasteiger partial charge in [0.25, 0.3) is 0 Å². The SMILES string of the molecule is OC[C@@H]1CCCc2cncn21. The normalized spacial score (nSPS) is 23.2. The van der Waals surface area contributed by atoms with Crippen LogP contribution in [0.2, 0.25) is 0 Å². The topological polar surface area (TPSA) is 38.1 Å². The first-order valence-corrected chi connectivity index (χ1v) is 4.03. The Bertz CT molecular complexity index is 244. The minimum Gasteiger partial charge on any atom is -0.394 e. The molecule has 0 bridgehead atoms. The second-order valence-electron chi connectivity index (χ2n) is 3.02. The number of hydrogen-bond acceptors (Lipinski definition) is 2. The third-order valence-electron chi connectivity index (χ3n) is 2.32. The van der Waals surface area contributed by atoms with E-state index in [0.717, 1.165) is 12.8 Å². The zero-order chi connectivity index (χ0) is 7.68. The molecule has 11 heavy (non-hydrogen) atoms. The summed E-state index contributed by atoms with van der Waals surface area (Å²) in [5.74, 6) is 0. The average molecular weight is 152 g/mol. The molecule has 1 N–H and O–H groups in total. The molecule has 1 aromatic rings. The number of aliphatic hydroxyl groups excluding tert-OH is 1. The minimum atomic E-state index is 0.239. The number of hydrogen-bond donors (Lipinski definition) is 1. The van der Waals surface area contributed by atoms with E-state index in [-0.39, 0.29) is 12.6 Å².